The van der Waals surface area contributed by atoms with Crippen LogP contribution in [0, 0.1) is 5.41 Å². The van der Waals surface area contributed by atoms with Gasteiger partial charge in [-0.15, -0.1) is 0 Å². The van der Waals surface area contributed by atoms with Crippen LogP contribution in [-0.2, 0) is 19.1 Å². The van der Waals surface area contributed by atoms with Crippen LogP contribution in [-0.4, -0.2) is 41.9 Å². The van der Waals surface area contributed by atoms with Gasteiger partial charge >= 0.3 is 5.97 Å². The predicted octanol–water partition coefficient (Wildman–Crippen LogP) is 3.19. The number of nitrogen functional groups attached to an aromatic ring is 1. The second kappa shape index (κ2) is 15.6. The number of nitrogens with one attached hydrogen (secondary N) is 3. The molecule has 1 aromatic carbocycles. The van der Waals surface area contributed by atoms with Gasteiger partial charge in [0.15, 0.2) is 0 Å². The average molecular weight is 550 g/mol. The van der Waals surface area contributed by atoms with E-state index >= 15 is 0 Å². The lowest BCUT2D eigenvalue weighted by atomic mass is 9.91. The van der Waals surface area contributed by atoms with E-state index in [1.165, 1.54) is 24.3 Å². The first-order valence-electron chi connectivity index (χ1n) is 11.7. The fourth-order valence-electron chi connectivity index (χ4n) is 2.75. The summed E-state index contributed by atoms with van der Waals surface area (Å²) in [5.41, 5.74) is 15.8. The summed E-state index contributed by atoms with van der Waals surface area (Å²) in [7, 11) is 0. The minimum absolute atomic E-state index is 0.208. The lowest BCUT2D eigenvalue weighted by Crippen LogP contribution is -2.53. The highest BCUT2D eigenvalue weighted by Gasteiger charge is 2.26. The Labute approximate surface area is 229 Å². The fourth-order valence-corrected chi connectivity index (χ4v) is 2.93. The molecule has 0 aliphatic rings. The molecule has 210 valence electrons. The summed E-state index contributed by atoms with van der Waals surface area (Å²) in [5, 5.41) is 3.04. The number of anilines is 1. The van der Waals surface area contributed by atoms with Gasteiger partial charge in [-0.05, 0) is 50.0 Å². The van der Waals surface area contributed by atoms with Crippen molar-refractivity contribution in [2.75, 3.05) is 12.3 Å². The van der Waals surface area contributed by atoms with Crippen molar-refractivity contribution < 1.29 is 23.9 Å². The Morgan fingerprint density at radius 2 is 1.71 bits per heavy atom. The van der Waals surface area contributed by atoms with E-state index in [0.717, 1.165) is 0 Å². The van der Waals surface area contributed by atoms with Crippen LogP contribution in [0.5, 0.6) is 0 Å². The topological polar surface area (TPSA) is 166 Å². The highest BCUT2D eigenvalue weighted by Crippen LogP contribution is 2.19. The molecular formula is C27H40ClN5O5. The quantitative estimate of drug-likeness (QED) is 0.129. The van der Waals surface area contributed by atoms with E-state index in [2.05, 4.69) is 29.3 Å². The Bertz CT molecular complexity index is 1050. The molecule has 11 heteroatoms. The first-order valence-corrected chi connectivity index (χ1v) is 12.1. The summed E-state index contributed by atoms with van der Waals surface area (Å²) in [6.07, 6.45) is 4.81. The molecule has 0 bridgehead atoms. The summed E-state index contributed by atoms with van der Waals surface area (Å²) in [4.78, 5) is 47.1. The van der Waals surface area contributed by atoms with Crippen molar-refractivity contribution in [1.82, 2.24) is 16.2 Å². The molecule has 10 nitrogen and oxygen atoms in total. The van der Waals surface area contributed by atoms with E-state index in [1.54, 1.807) is 32.9 Å². The molecule has 0 aliphatic carbocycles. The Balaban J connectivity index is 0.00000103. The SMILES string of the molecule is C=C/C=C(\C=C)C(NC(=O)CC(C)(C)C)C(=O)NNCC(=O)OC(C)(C)C.NC(=O)c1ccc(N)c(Cl)c1. The van der Waals surface area contributed by atoms with Gasteiger partial charge in [0.2, 0.25) is 11.8 Å². The molecule has 1 unspecified atom stereocenters. The van der Waals surface area contributed by atoms with Gasteiger partial charge in [0, 0.05) is 12.0 Å². The van der Waals surface area contributed by atoms with E-state index in [4.69, 9.17) is 27.8 Å². The van der Waals surface area contributed by atoms with E-state index in [1.807, 2.05) is 20.8 Å². The Kier molecular flexibility index (Phi) is 14.1. The summed E-state index contributed by atoms with van der Waals surface area (Å²) in [6, 6.07) is 3.55. The van der Waals surface area contributed by atoms with E-state index in [9.17, 15) is 19.2 Å². The van der Waals surface area contributed by atoms with Crippen molar-refractivity contribution >= 4 is 41.0 Å². The molecule has 0 aromatic heterocycles. The first kappa shape index (κ1) is 34.4. The van der Waals surface area contributed by atoms with Gasteiger partial charge in [-0.3, -0.25) is 24.6 Å². The van der Waals surface area contributed by atoms with Gasteiger partial charge in [-0.2, -0.15) is 0 Å². The summed E-state index contributed by atoms with van der Waals surface area (Å²) in [6.45, 7) is 18.1. The largest absolute Gasteiger partial charge is 0.459 e. The van der Waals surface area contributed by atoms with Crippen molar-refractivity contribution in [3.05, 3.63) is 65.7 Å². The number of ether oxygens (including phenoxy) is 1. The van der Waals surface area contributed by atoms with E-state index in [0.29, 0.717) is 21.8 Å². The zero-order valence-corrected chi connectivity index (χ0v) is 23.7. The Hall–Kier alpha value is -3.63. The molecule has 1 rings (SSSR count). The molecule has 0 heterocycles. The van der Waals surface area contributed by atoms with Gasteiger partial charge in [0.05, 0.1) is 10.7 Å². The minimum Gasteiger partial charge on any atom is -0.459 e. The minimum atomic E-state index is -0.971. The number of carbonyl (C=O) groups is 4. The van der Waals surface area contributed by atoms with Crippen molar-refractivity contribution in [2.45, 2.75) is 59.6 Å². The molecule has 1 atom stereocenters. The summed E-state index contributed by atoms with van der Waals surface area (Å²) >= 11 is 5.63. The second-order valence-electron chi connectivity index (χ2n) is 10.4. The first-order chi connectivity index (χ1) is 17.4. The summed E-state index contributed by atoms with van der Waals surface area (Å²) in [5.74, 6) is -1.82. The van der Waals surface area contributed by atoms with Gasteiger partial charge in [-0.25, -0.2) is 5.43 Å². The molecule has 0 spiro atoms. The van der Waals surface area contributed by atoms with Crippen LogP contribution in [0.4, 0.5) is 5.69 Å². The number of amides is 3. The number of nitrogens with two attached hydrogens (primary N) is 2. The second-order valence-corrected chi connectivity index (χ2v) is 10.8. The Morgan fingerprint density at radius 3 is 2.16 bits per heavy atom. The standard InChI is InChI=1S/C20H33N3O4.C7H7ClN2O/c1-9-11-14(10-2)17(22-15(24)12-19(3,4)5)18(26)23-21-13-16(25)27-20(6,7)8;8-5-3-4(7(10)11)1-2-6(5)9/h9-11,17,21H,1-2,12-13H2,3-8H3,(H,22,24)(H,23,26);1-3H,9H2,(H2,10,11)/b14-11+;. The maximum Gasteiger partial charge on any atom is 0.322 e. The molecule has 3 amide bonds. The van der Waals surface area contributed by atoms with Crippen LogP contribution in [0.25, 0.3) is 0 Å². The average Bonchev–Trinajstić information content (AvgIpc) is 2.75. The van der Waals surface area contributed by atoms with Gasteiger partial charge in [0.1, 0.15) is 18.2 Å². The lowest BCUT2D eigenvalue weighted by molar-refractivity contribution is -0.153. The number of primary amides is 1. The van der Waals surface area contributed by atoms with Gasteiger partial charge in [-0.1, -0.05) is 63.8 Å². The molecule has 0 aliphatic heterocycles. The number of halogens is 1. The smallest absolute Gasteiger partial charge is 0.322 e. The molecule has 0 fully saturated rings. The van der Waals surface area contributed by atoms with Crippen molar-refractivity contribution in [3.8, 4) is 0 Å². The third kappa shape index (κ3) is 14.8. The van der Waals surface area contributed by atoms with Crippen LogP contribution in [0.15, 0.2) is 55.2 Å². The number of allylic oxidation sites excluding steroid dienone is 2. The maximum atomic E-state index is 12.5. The third-order valence-electron chi connectivity index (χ3n) is 4.29. The maximum absolute atomic E-state index is 12.5. The molecular weight excluding hydrogens is 510 g/mol. The van der Waals surface area contributed by atoms with Gasteiger partial charge < -0.3 is 21.5 Å². The predicted molar refractivity (Wildman–Crippen MR) is 151 cm³/mol. The monoisotopic (exact) mass is 549 g/mol. The number of esters is 1. The highest BCUT2D eigenvalue weighted by atomic mass is 35.5. The number of hydrogen-bond acceptors (Lipinski definition) is 7. The van der Waals surface area contributed by atoms with Crippen LogP contribution in [0.3, 0.4) is 0 Å². The molecule has 0 radical (unpaired) electrons. The molecule has 0 saturated carbocycles. The number of benzene rings is 1. The van der Waals surface area contributed by atoms with Crippen molar-refractivity contribution in [1.29, 1.82) is 0 Å². The number of rotatable bonds is 10. The lowest BCUT2D eigenvalue weighted by Gasteiger charge is -2.23. The van der Waals surface area contributed by atoms with E-state index < -0.39 is 29.4 Å². The summed E-state index contributed by atoms with van der Waals surface area (Å²) < 4.78 is 5.14. The number of hydrazine groups is 1. The fraction of sp³-hybridized carbons (Fsp3) is 0.407. The molecule has 1 aromatic rings. The van der Waals surface area contributed by atoms with Crippen molar-refractivity contribution in [3.63, 3.8) is 0 Å². The highest BCUT2D eigenvalue weighted by molar-refractivity contribution is 6.33. The third-order valence-corrected chi connectivity index (χ3v) is 4.61. The number of carbonyl (C=O) groups excluding carboxylic acids is 4. The van der Waals surface area contributed by atoms with Crippen LogP contribution in [0.2, 0.25) is 5.02 Å². The van der Waals surface area contributed by atoms with Crippen LogP contribution in [0.1, 0.15) is 58.3 Å². The Morgan fingerprint density at radius 1 is 1.11 bits per heavy atom. The van der Waals surface area contributed by atoms with Crippen LogP contribution < -0.4 is 27.6 Å². The zero-order chi connectivity index (χ0) is 29.7. The van der Waals surface area contributed by atoms with Crippen LogP contribution >= 0.6 is 11.6 Å². The molecule has 0 saturated heterocycles. The van der Waals surface area contributed by atoms with Gasteiger partial charge in [0.25, 0.3) is 5.91 Å². The van der Waals surface area contributed by atoms with Crippen molar-refractivity contribution in [2.24, 2.45) is 11.1 Å². The zero-order valence-electron chi connectivity index (χ0n) is 22.9. The number of hydrogen-bond donors (Lipinski definition) is 5. The molecule has 7 N–H and O–H groups in total. The van der Waals surface area contributed by atoms with E-state index in [-0.39, 0.29) is 24.3 Å². The molecule has 38 heavy (non-hydrogen) atoms. The normalized spacial score (nSPS) is 12.2.